The molecule has 0 aliphatic carbocycles. The molecule has 4 heteroatoms. The van der Waals surface area contributed by atoms with E-state index in [0.29, 0.717) is 17.5 Å². The molecule has 0 fully saturated rings. The molecule has 0 saturated carbocycles. The number of H-pyrrole nitrogens is 1. The van der Waals surface area contributed by atoms with Gasteiger partial charge in [0.15, 0.2) is 0 Å². The SMILES string of the molecule is CCn1[nH]c2cccc(C#N)c2c1=O. The first-order valence-corrected chi connectivity index (χ1v) is 4.39. The predicted molar refractivity (Wildman–Crippen MR) is 52.9 cm³/mol. The average Bonchev–Trinajstić information content (AvgIpc) is 2.55. The zero-order valence-corrected chi connectivity index (χ0v) is 7.74. The molecule has 0 atom stereocenters. The van der Waals surface area contributed by atoms with E-state index in [1.54, 1.807) is 18.2 Å². The maximum atomic E-state index is 11.7. The van der Waals surface area contributed by atoms with E-state index in [0.717, 1.165) is 5.52 Å². The van der Waals surface area contributed by atoms with Gasteiger partial charge in [0.2, 0.25) is 0 Å². The number of aromatic amines is 1. The number of nitrogens with one attached hydrogen (secondary N) is 1. The third kappa shape index (κ3) is 1.03. The quantitative estimate of drug-likeness (QED) is 0.729. The second kappa shape index (κ2) is 3.04. The number of aryl methyl sites for hydroxylation is 1. The topological polar surface area (TPSA) is 61.6 Å². The Morgan fingerprint density at radius 1 is 1.57 bits per heavy atom. The van der Waals surface area contributed by atoms with Gasteiger partial charge in [-0.1, -0.05) is 6.07 Å². The number of hydrogen-bond donors (Lipinski definition) is 1. The lowest BCUT2D eigenvalue weighted by molar-refractivity contribution is 0.646. The van der Waals surface area contributed by atoms with Crippen molar-refractivity contribution < 1.29 is 0 Å². The molecule has 1 aromatic carbocycles. The van der Waals surface area contributed by atoms with E-state index in [2.05, 4.69) is 5.10 Å². The second-order valence-electron chi connectivity index (χ2n) is 3.00. The van der Waals surface area contributed by atoms with Gasteiger partial charge in [0, 0.05) is 6.54 Å². The Kier molecular flexibility index (Phi) is 1.86. The molecule has 0 amide bonds. The van der Waals surface area contributed by atoms with Gasteiger partial charge in [-0.05, 0) is 19.1 Å². The van der Waals surface area contributed by atoms with Crippen molar-refractivity contribution in [3.05, 3.63) is 34.1 Å². The highest BCUT2D eigenvalue weighted by atomic mass is 16.1. The van der Waals surface area contributed by atoms with Crippen LogP contribution in [-0.2, 0) is 6.54 Å². The standard InChI is InChI=1S/C10H9N3O/c1-2-13-10(14)9-7(6-11)4-3-5-8(9)12-13/h3-5,12H,2H2,1H3. The van der Waals surface area contributed by atoms with Crippen molar-refractivity contribution in [2.45, 2.75) is 13.5 Å². The molecule has 14 heavy (non-hydrogen) atoms. The summed E-state index contributed by atoms with van der Waals surface area (Å²) in [5, 5.41) is 12.3. The number of aromatic nitrogens is 2. The normalized spacial score (nSPS) is 10.3. The molecule has 2 rings (SSSR count). The summed E-state index contributed by atoms with van der Waals surface area (Å²) < 4.78 is 1.49. The maximum absolute atomic E-state index is 11.7. The summed E-state index contributed by atoms with van der Waals surface area (Å²) in [7, 11) is 0. The van der Waals surface area contributed by atoms with Gasteiger partial charge in [-0.2, -0.15) is 5.26 Å². The highest BCUT2D eigenvalue weighted by Crippen LogP contribution is 2.11. The van der Waals surface area contributed by atoms with Crippen LogP contribution in [0, 0.1) is 11.3 Å². The fourth-order valence-corrected chi connectivity index (χ4v) is 1.52. The number of hydrogen-bond acceptors (Lipinski definition) is 2. The molecular weight excluding hydrogens is 178 g/mol. The third-order valence-corrected chi connectivity index (χ3v) is 2.22. The van der Waals surface area contributed by atoms with Gasteiger partial charge >= 0.3 is 0 Å². The van der Waals surface area contributed by atoms with Gasteiger partial charge in [-0.25, -0.2) is 0 Å². The van der Waals surface area contributed by atoms with E-state index in [1.165, 1.54) is 4.68 Å². The van der Waals surface area contributed by atoms with Gasteiger partial charge in [0.25, 0.3) is 5.56 Å². The predicted octanol–water partition coefficient (Wildman–Crippen LogP) is 1.22. The minimum absolute atomic E-state index is 0.125. The summed E-state index contributed by atoms with van der Waals surface area (Å²) in [6.07, 6.45) is 0. The molecule has 0 spiro atoms. The highest BCUT2D eigenvalue weighted by Gasteiger charge is 2.08. The lowest BCUT2D eigenvalue weighted by Crippen LogP contribution is -2.15. The average molecular weight is 187 g/mol. The van der Waals surface area contributed by atoms with Crippen LogP contribution in [0.1, 0.15) is 12.5 Å². The molecule has 4 nitrogen and oxygen atoms in total. The Morgan fingerprint density at radius 3 is 3.00 bits per heavy atom. The Hall–Kier alpha value is -2.02. The molecule has 70 valence electrons. The van der Waals surface area contributed by atoms with Crippen LogP contribution in [0.2, 0.25) is 0 Å². The number of nitrogens with zero attached hydrogens (tertiary/aromatic N) is 2. The molecule has 1 N–H and O–H groups in total. The fraction of sp³-hybridized carbons (Fsp3) is 0.200. The molecular formula is C10H9N3O. The zero-order chi connectivity index (χ0) is 10.1. The summed E-state index contributed by atoms with van der Waals surface area (Å²) in [5.41, 5.74) is 1.02. The van der Waals surface area contributed by atoms with Crippen LogP contribution < -0.4 is 5.56 Å². The van der Waals surface area contributed by atoms with Crippen molar-refractivity contribution in [3.63, 3.8) is 0 Å². The molecule has 2 aromatic rings. The van der Waals surface area contributed by atoms with E-state index in [4.69, 9.17) is 5.26 Å². The van der Waals surface area contributed by atoms with Gasteiger partial charge in [-0.3, -0.25) is 14.6 Å². The Labute approximate surface area is 80.4 Å². The molecule has 0 aliphatic rings. The van der Waals surface area contributed by atoms with Crippen molar-refractivity contribution in [1.82, 2.24) is 9.78 Å². The highest BCUT2D eigenvalue weighted by molar-refractivity contribution is 5.83. The second-order valence-corrected chi connectivity index (χ2v) is 3.00. The van der Waals surface area contributed by atoms with E-state index in [-0.39, 0.29) is 5.56 Å². The molecule has 1 heterocycles. The Bertz CT molecular complexity index is 571. The van der Waals surface area contributed by atoms with Gasteiger partial charge in [0.1, 0.15) is 6.07 Å². The van der Waals surface area contributed by atoms with Crippen molar-refractivity contribution >= 4 is 10.9 Å². The first kappa shape index (κ1) is 8.57. The lowest BCUT2D eigenvalue weighted by atomic mass is 10.1. The van der Waals surface area contributed by atoms with Crippen LogP contribution in [0.5, 0.6) is 0 Å². The van der Waals surface area contributed by atoms with Crippen molar-refractivity contribution in [2.75, 3.05) is 0 Å². The molecule has 0 saturated heterocycles. The monoisotopic (exact) mass is 187 g/mol. The minimum atomic E-state index is -0.125. The van der Waals surface area contributed by atoms with Gasteiger partial charge < -0.3 is 0 Å². The Balaban J connectivity index is 2.95. The Morgan fingerprint density at radius 2 is 2.36 bits per heavy atom. The van der Waals surface area contributed by atoms with Crippen LogP contribution in [-0.4, -0.2) is 9.78 Å². The largest absolute Gasteiger partial charge is 0.295 e. The fourth-order valence-electron chi connectivity index (χ4n) is 1.52. The third-order valence-electron chi connectivity index (χ3n) is 2.22. The van der Waals surface area contributed by atoms with Crippen LogP contribution in [0.25, 0.3) is 10.9 Å². The molecule has 0 aliphatic heterocycles. The molecule has 0 bridgehead atoms. The molecule has 1 aromatic heterocycles. The van der Waals surface area contributed by atoms with Crippen LogP contribution >= 0.6 is 0 Å². The number of nitriles is 1. The lowest BCUT2D eigenvalue weighted by Gasteiger charge is -1.90. The van der Waals surface area contributed by atoms with Crippen molar-refractivity contribution in [3.8, 4) is 6.07 Å². The number of rotatable bonds is 1. The zero-order valence-electron chi connectivity index (χ0n) is 7.74. The van der Waals surface area contributed by atoms with Gasteiger partial charge in [-0.15, -0.1) is 0 Å². The number of benzene rings is 1. The van der Waals surface area contributed by atoms with E-state index >= 15 is 0 Å². The van der Waals surface area contributed by atoms with E-state index in [1.807, 2.05) is 13.0 Å². The molecule has 0 unspecified atom stereocenters. The van der Waals surface area contributed by atoms with Crippen molar-refractivity contribution in [2.24, 2.45) is 0 Å². The van der Waals surface area contributed by atoms with Crippen molar-refractivity contribution in [1.29, 1.82) is 5.26 Å². The summed E-state index contributed by atoms with van der Waals surface area (Å²) in [6, 6.07) is 7.22. The van der Waals surface area contributed by atoms with Crippen LogP contribution in [0.3, 0.4) is 0 Å². The summed E-state index contributed by atoms with van der Waals surface area (Å²) in [5.74, 6) is 0. The van der Waals surface area contributed by atoms with E-state index in [9.17, 15) is 4.79 Å². The first-order chi connectivity index (χ1) is 6.77. The maximum Gasteiger partial charge on any atom is 0.275 e. The number of fused-ring (bicyclic) bond motifs is 1. The molecule has 0 radical (unpaired) electrons. The van der Waals surface area contributed by atoms with E-state index < -0.39 is 0 Å². The summed E-state index contributed by atoms with van der Waals surface area (Å²) >= 11 is 0. The summed E-state index contributed by atoms with van der Waals surface area (Å²) in [4.78, 5) is 11.7. The smallest absolute Gasteiger partial charge is 0.275 e. The first-order valence-electron chi connectivity index (χ1n) is 4.39. The minimum Gasteiger partial charge on any atom is -0.295 e. The van der Waals surface area contributed by atoms with Gasteiger partial charge in [0.05, 0.1) is 16.5 Å². The van der Waals surface area contributed by atoms with Crippen LogP contribution in [0.15, 0.2) is 23.0 Å². The van der Waals surface area contributed by atoms with Crippen LogP contribution in [0.4, 0.5) is 0 Å². The summed E-state index contributed by atoms with van der Waals surface area (Å²) in [6.45, 7) is 2.46.